The Balaban J connectivity index is 1.47. The largest absolute Gasteiger partial charge is 0.360 e. The first kappa shape index (κ1) is 18.0. The number of nitrogens with zero attached hydrogens (tertiary/aromatic N) is 3. The van der Waals surface area contributed by atoms with Crippen molar-refractivity contribution in [1.29, 1.82) is 0 Å². The molecule has 3 heterocycles. The van der Waals surface area contributed by atoms with Gasteiger partial charge in [0.1, 0.15) is 5.76 Å². The van der Waals surface area contributed by atoms with Crippen LogP contribution >= 0.6 is 11.3 Å². The number of fused-ring (bicyclic) bond motifs is 1. The number of aryl methyl sites for hydroxylation is 1. The molecule has 1 amide bonds. The molecule has 0 spiro atoms. The fourth-order valence-corrected chi connectivity index (χ4v) is 4.28. The van der Waals surface area contributed by atoms with Gasteiger partial charge in [0.2, 0.25) is 0 Å². The van der Waals surface area contributed by atoms with E-state index in [-0.39, 0.29) is 11.3 Å². The first-order valence-electron chi connectivity index (χ1n) is 9.24. The second-order valence-electron chi connectivity index (χ2n) is 8.20. The van der Waals surface area contributed by atoms with Crippen LogP contribution in [-0.4, -0.2) is 20.8 Å². The summed E-state index contributed by atoms with van der Waals surface area (Å²) in [7, 11) is 0. The lowest BCUT2D eigenvalue weighted by Gasteiger charge is -2.33. The molecule has 0 saturated carbocycles. The third-order valence-corrected chi connectivity index (χ3v) is 6.13. The number of carbonyl (C=O) groups is 1. The number of hydrogen-bond acceptors (Lipinski definition) is 5. The molecular formula is C20H24N4O2S. The number of amides is 1. The Bertz CT molecular complexity index is 934. The molecule has 0 radical (unpaired) electrons. The average molecular weight is 385 g/mol. The maximum absolute atomic E-state index is 12.8. The number of aromatic nitrogens is 3. The zero-order valence-corrected chi connectivity index (χ0v) is 16.7. The Kier molecular flexibility index (Phi) is 4.63. The van der Waals surface area contributed by atoms with Gasteiger partial charge in [-0.3, -0.25) is 9.48 Å². The predicted molar refractivity (Wildman–Crippen MR) is 105 cm³/mol. The van der Waals surface area contributed by atoms with Crippen molar-refractivity contribution in [2.24, 2.45) is 11.3 Å². The fraction of sp³-hybridized carbons (Fsp3) is 0.450. The summed E-state index contributed by atoms with van der Waals surface area (Å²) in [6.45, 7) is 7.44. The fourth-order valence-electron chi connectivity index (χ4n) is 3.59. The third-order valence-electron chi connectivity index (χ3n) is 5.27. The van der Waals surface area contributed by atoms with Gasteiger partial charge >= 0.3 is 0 Å². The summed E-state index contributed by atoms with van der Waals surface area (Å²) in [5, 5.41) is 13.3. The molecule has 27 heavy (non-hydrogen) atoms. The molecule has 0 fully saturated rings. The van der Waals surface area contributed by atoms with Crippen LogP contribution in [0.4, 0.5) is 5.69 Å². The molecule has 4 rings (SSSR count). The van der Waals surface area contributed by atoms with Crippen molar-refractivity contribution in [3.8, 4) is 0 Å². The van der Waals surface area contributed by atoms with Gasteiger partial charge in [0.05, 0.1) is 18.4 Å². The molecule has 7 heteroatoms. The maximum Gasteiger partial charge on any atom is 0.278 e. The van der Waals surface area contributed by atoms with E-state index in [4.69, 9.17) is 4.52 Å². The Morgan fingerprint density at radius 1 is 1.44 bits per heavy atom. The summed E-state index contributed by atoms with van der Waals surface area (Å²) in [4.78, 5) is 14.0. The van der Waals surface area contributed by atoms with Gasteiger partial charge < -0.3 is 9.84 Å². The number of rotatable bonds is 4. The van der Waals surface area contributed by atoms with Gasteiger partial charge in [0, 0.05) is 23.1 Å². The van der Waals surface area contributed by atoms with Crippen LogP contribution in [0.3, 0.4) is 0 Å². The Morgan fingerprint density at radius 2 is 2.30 bits per heavy atom. The van der Waals surface area contributed by atoms with Crippen LogP contribution in [0.5, 0.6) is 0 Å². The van der Waals surface area contributed by atoms with Gasteiger partial charge in [-0.25, -0.2) is 0 Å². The highest BCUT2D eigenvalue weighted by atomic mass is 32.1. The van der Waals surface area contributed by atoms with Gasteiger partial charge in [0.25, 0.3) is 5.91 Å². The quantitative estimate of drug-likeness (QED) is 0.724. The normalized spacial score (nSPS) is 16.9. The van der Waals surface area contributed by atoms with E-state index in [1.54, 1.807) is 17.5 Å². The van der Waals surface area contributed by atoms with E-state index in [2.05, 4.69) is 42.4 Å². The monoisotopic (exact) mass is 384 g/mol. The summed E-state index contributed by atoms with van der Waals surface area (Å²) < 4.78 is 7.27. The van der Waals surface area contributed by atoms with Gasteiger partial charge in [0.15, 0.2) is 5.69 Å². The Hall–Kier alpha value is -2.41. The number of carbonyl (C=O) groups excluding carboxylic acids is 1. The highest BCUT2D eigenvalue weighted by Crippen LogP contribution is 2.38. The molecule has 1 N–H and O–H groups in total. The number of thiophene rings is 1. The number of anilines is 1. The smallest absolute Gasteiger partial charge is 0.278 e. The van der Waals surface area contributed by atoms with Crippen LogP contribution in [0.25, 0.3) is 0 Å². The number of hydrogen-bond donors (Lipinski definition) is 1. The lowest BCUT2D eigenvalue weighted by atomic mass is 9.71. The molecule has 1 atom stereocenters. The molecule has 1 aliphatic rings. The molecule has 0 bridgehead atoms. The van der Waals surface area contributed by atoms with Crippen LogP contribution in [0.15, 0.2) is 34.4 Å². The molecule has 0 saturated heterocycles. The zero-order valence-electron chi connectivity index (χ0n) is 15.9. The SMILES string of the molecule is CC(C)(C)C1CCc2onc(C(=O)Nc3cnn(Cc4cccs4)c3)c2C1. The minimum absolute atomic E-state index is 0.200. The Labute approximate surface area is 162 Å². The molecule has 0 aliphatic heterocycles. The average Bonchev–Trinajstić information content (AvgIpc) is 3.34. The first-order chi connectivity index (χ1) is 12.9. The summed E-state index contributed by atoms with van der Waals surface area (Å²) in [6, 6.07) is 4.09. The maximum atomic E-state index is 12.8. The molecule has 142 valence electrons. The summed E-state index contributed by atoms with van der Waals surface area (Å²) >= 11 is 1.69. The second-order valence-corrected chi connectivity index (χ2v) is 9.23. The lowest BCUT2D eigenvalue weighted by Crippen LogP contribution is -2.27. The van der Waals surface area contributed by atoms with E-state index < -0.39 is 0 Å². The van der Waals surface area contributed by atoms with E-state index >= 15 is 0 Å². The van der Waals surface area contributed by atoms with E-state index in [1.165, 1.54) is 4.88 Å². The number of nitrogens with one attached hydrogen (secondary N) is 1. The summed E-state index contributed by atoms with van der Waals surface area (Å²) in [5.41, 5.74) is 2.23. The predicted octanol–water partition coefficient (Wildman–Crippen LogP) is 4.38. The minimum Gasteiger partial charge on any atom is -0.360 e. The topological polar surface area (TPSA) is 73.0 Å². The van der Waals surface area contributed by atoms with E-state index in [1.807, 2.05) is 22.3 Å². The van der Waals surface area contributed by atoms with E-state index in [0.717, 1.165) is 30.6 Å². The van der Waals surface area contributed by atoms with E-state index in [0.29, 0.717) is 23.8 Å². The zero-order chi connectivity index (χ0) is 19.0. The lowest BCUT2D eigenvalue weighted by molar-refractivity contribution is 0.101. The van der Waals surface area contributed by atoms with Crippen LogP contribution in [-0.2, 0) is 19.4 Å². The minimum atomic E-state index is -0.231. The van der Waals surface area contributed by atoms with Gasteiger partial charge in [-0.05, 0) is 35.6 Å². The first-order valence-corrected chi connectivity index (χ1v) is 10.1. The second kappa shape index (κ2) is 6.96. The van der Waals surface area contributed by atoms with Crippen molar-refractivity contribution >= 4 is 22.9 Å². The van der Waals surface area contributed by atoms with Gasteiger partial charge in [-0.2, -0.15) is 5.10 Å². The summed E-state index contributed by atoms with van der Waals surface area (Å²) in [5.74, 6) is 1.14. The van der Waals surface area contributed by atoms with Crippen LogP contribution < -0.4 is 5.32 Å². The molecule has 0 aromatic carbocycles. The third kappa shape index (κ3) is 3.83. The van der Waals surface area contributed by atoms with Crippen LogP contribution in [0.2, 0.25) is 0 Å². The van der Waals surface area contributed by atoms with Crippen molar-refractivity contribution in [2.45, 2.75) is 46.6 Å². The standard InChI is InChI=1S/C20H24N4O2S/c1-20(2,3)13-6-7-17-16(9-13)18(23-26-17)19(25)22-14-10-21-24(11-14)12-15-5-4-8-27-15/h4-5,8,10-11,13H,6-7,9,12H2,1-3H3,(H,22,25). The Morgan fingerprint density at radius 3 is 3.04 bits per heavy atom. The highest BCUT2D eigenvalue weighted by Gasteiger charge is 2.34. The molecule has 1 aliphatic carbocycles. The van der Waals surface area contributed by atoms with Gasteiger partial charge in [-0.15, -0.1) is 11.3 Å². The van der Waals surface area contributed by atoms with Crippen molar-refractivity contribution in [3.63, 3.8) is 0 Å². The van der Waals surface area contributed by atoms with Crippen molar-refractivity contribution in [3.05, 3.63) is 51.8 Å². The molecule has 6 nitrogen and oxygen atoms in total. The van der Waals surface area contributed by atoms with Crippen molar-refractivity contribution in [1.82, 2.24) is 14.9 Å². The van der Waals surface area contributed by atoms with E-state index in [9.17, 15) is 4.79 Å². The highest BCUT2D eigenvalue weighted by molar-refractivity contribution is 7.09. The van der Waals surface area contributed by atoms with Crippen molar-refractivity contribution < 1.29 is 9.32 Å². The van der Waals surface area contributed by atoms with Gasteiger partial charge in [-0.1, -0.05) is 32.0 Å². The molecular weight excluding hydrogens is 360 g/mol. The molecule has 3 aromatic rings. The van der Waals surface area contributed by atoms with Crippen LogP contribution in [0, 0.1) is 11.3 Å². The molecule has 1 unspecified atom stereocenters. The van der Waals surface area contributed by atoms with Crippen LogP contribution in [0.1, 0.15) is 53.9 Å². The van der Waals surface area contributed by atoms with Crippen molar-refractivity contribution in [2.75, 3.05) is 5.32 Å². The molecule has 3 aromatic heterocycles. The summed E-state index contributed by atoms with van der Waals surface area (Å²) in [6.07, 6.45) is 6.25.